The van der Waals surface area contributed by atoms with Gasteiger partial charge in [0.15, 0.2) is 5.75 Å². The molecule has 0 amide bonds. The maximum absolute atomic E-state index is 11.7. The summed E-state index contributed by atoms with van der Waals surface area (Å²) < 4.78 is 22.9. The van der Waals surface area contributed by atoms with Crippen LogP contribution in [0.25, 0.3) is 0 Å². The fraction of sp³-hybridized carbons (Fsp3) is 0. The van der Waals surface area contributed by atoms with Crippen LogP contribution in [-0.4, -0.2) is 0 Å². The Bertz CT molecular complexity index is 640. The molecule has 0 aromatic heterocycles. The van der Waals surface area contributed by atoms with Gasteiger partial charge in [-0.15, -0.1) is 0 Å². The molecular formula is C13H8INO3P+. The van der Waals surface area contributed by atoms with E-state index in [9.17, 15) is 4.57 Å². The van der Waals surface area contributed by atoms with E-state index in [1.165, 1.54) is 0 Å². The number of para-hydroxylation sites is 1. The van der Waals surface area contributed by atoms with Gasteiger partial charge in [0, 0.05) is 8.14 Å². The standard InChI is InChI=1S/C13H8INO3P/c14-11-6-7-13(10(8-11)9-15)18-19(16)17-12-4-2-1-3-5-12/h1-8H/q+1. The molecule has 2 aromatic carbocycles. The molecule has 1 unspecified atom stereocenters. The van der Waals surface area contributed by atoms with Crippen molar-refractivity contribution < 1.29 is 13.6 Å². The summed E-state index contributed by atoms with van der Waals surface area (Å²) >= 11 is 2.09. The van der Waals surface area contributed by atoms with Crippen LogP contribution in [-0.2, 0) is 4.57 Å². The van der Waals surface area contributed by atoms with Crippen LogP contribution < -0.4 is 9.05 Å². The highest BCUT2D eigenvalue weighted by atomic mass is 127. The Morgan fingerprint density at radius 2 is 1.84 bits per heavy atom. The predicted molar refractivity (Wildman–Crippen MR) is 79.2 cm³/mol. The average molecular weight is 384 g/mol. The lowest BCUT2D eigenvalue weighted by Crippen LogP contribution is -1.91. The van der Waals surface area contributed by atoms with Crippen LogP contribution in [0.3, 0.4) is 0 Å². The van der Waals surface area contributed by atoms with Crippen LogP contribution in [0.2, 0.25) is 0 Å². The molecule has 0 saturated heterocycles. The van der Waals surface area contributed by atoms with Crippen LogP contribution in [0.4, 0.5) is 0 Å². The van der Waals surface area contributed by atoms with Gasteiger partial charge in [-0.3, -0.25) is 0 Å². The van der Waals surface area contributed by atoms with Crippen molar-refractivity contribution in [1.82, 2.24) is 0 Å². The number of nitriles is 1. The summed E-state index contributed by atoms with van der Waals surface area (Å²) in [6.45, 7) is 0. The summed E-state index contributed by atoms with van der Waals surface area (Å²) in [7, 11) is -2.37. The Balaban J connectivity index is 2.10. The zero-order valence-electron chi connectivity index (χ0n) is 9.62. The molecule has 0 aliphatic heterocycles. The molecule has 19 heavy (non-hydrogen) atoms. The largest absolute Gasteiger partial charge is 0.805 e. The Hall–Kier alpha value is -1.64. The van der Waals surface area contributed by atoms with E-state index in [0.29, 0.717) is 11.3 Å². The van der Waals surface area contributed by atoms with Gasteiger partial charge < -0.3 is 0 Å². The minimum atomic E-state index is -2.37. The topological polar surface area (TPSA) is 59.3 Å². The lowest BCUT2D eigenvalue weighted by atomic mass is 10.2. The maximum Gasteiger partial charge on any atom is 0.805 e. The summed E-state index contributed by atoms with van der Waals surface area (Å²) in [4.78, 5) is 0. The monoisotopic (exact) mass is 384 g/mol. The fourth-order valence-corrected chi connectivity index (χ4v) is 2.48. The van der Waals surface area contributed by atoms with Crippen LogP contribution in [0.1, 0.15) is 5.56 Å². The number of benzene rings is 2. The third-order valence-electron chi connectivity index (χ3n) is 2.16. The molecular weight excluding hydrogens is 376 g/mol. The van der Waals surface area contributed by atoms with E-state index < -0.39 is 8.25 Å². The number of hydrogen-bond acceptors (Lipinski definition) is 4. The van der Waals surface area contributed by atoms with Gasteiger partial charge in [0.05, 0.1) is 0 Å². The predicted octanol–water partition coefficient (Wildman–Crippen LogP) is 4.28. The number of nitrogens with zero attached hydrogens (tertiary/aromatic N) is 1. The van der Waals surface area contributed by atoms with E-state index in [-0.39, 0.29) is 5.75 Å². The molecule has 0 heterocycles. The van der Waals surface area contributed by atoms with Gasteiger partial charge in [-0.1, -0.05) is 18.2 Å². The molecule has 0 aliphatic rings. The van der Waals surface area contributed by atoms with Crippen molar-refractivity contribution in [3.8, 4) is 17.6 Å². The summed E-state index contributed by atoms with van der Waals surface area (Å²) in [5, 5.41) is 8.98. The van der Waals surface area contributed by atoms with Crippen LogP contribution in [0.15, 0.2) is 48.5 Å². The van der Waals surface area contributed by atoms with Crippen molar-refractivity contribution in [2.24, 2.45) is 0 Å². The van der Waals surface area contributed by atoms with Gasteiger partial charge >= 0.3 is 8.25 Å². The molecule has 6 heteroatoms. The second-order valence-corrected chi connectivity index (χ2v) is 5.53. The first-order valence-electron chi connectivity index (χ1n) is 5.27. The maximum atomic E-state index is 11.7. The Kier molecular flexibility index (Phi) is 4.72. The van der Waals surface area contributed by atoms with Gasteiger partial charge in [-0.05, 0) is 52.9 Å². The van der Waals surface area contributed by atoms with E-state index in [1.54, 1.807) is 42.5 Å². The summed E-state index contributed by atoms with van der Waals surface area (Å²) in [5.41, 5.74) is 0.326. The third-order valence-corrected chi connectivity index (χ3v) is 3.53. The smallest absolute Gasteiger partial charge is 0.222 e. The zero-order valence-corrected chi connectivity index (χ0v) is 12.7. The Labute approximate surface area is 125 Å². The minimum absolute atomic E-state index is 0.250. The van der Waals surface area contributed by atoms with Gasteiger partial charge in [0.25, 0.3) is 0 Å². The van der Waals surface area contributed by atoms with E-state index in [4.69, 9.17) is 14.3 Å². The van der Waals surface area contributed by atoms with Gasteiger partial charge in [-0.2, -0.15) is 5.26 Å². The average Bonchev–Trinajstić information content (AvgIpc) is 2.42. The van der Waals surface area contributed by atoms with Crippen molar-refractivity contribution in [3.63, 3.8) is 0 Å². The Morgan fingerprint density at radius 1 is 1.11 bits per heavy atom. The van der Waals surface area contributed by atoms with Gasteiger partial charge in [0.1, 0.15) is 11.6 Å². The second kappa shape index (κ2) is 6.50. The quantitative estimate of drug-likeness (QED) is 0.584. The van der Waals surface area contributed by atoms with E-state index in [0.717, 1.165) is 3.57 Å². The normalized spacial score (nSPS) is 10.4. The van der Waals surface area contributed by atoms with Crippen LogP contribution in [0, 0.1) is 14.9 Å². The van der Waals surface area contributed by atoms with Crippen molar-refractivity contribution in [1.29, 1.82) is 5.26 Å². The first-order valence-corrected chi connectivity index (χ1v) is 7.44. The first-order chi connectivity index (χ1) is 9.19. The highest BCUT2D eigenvalue weighted by molar-refractivity contribution is 14.1. The SMILES string of the molecule is N#Cc1cc(I)ccc1O[P+](=O)Oc1ccccc1. The van der Waals surface area contributed by atoms with Crippen LogP contribution in [0.5, 0.6) is 11.5 Å². The third kappa shape index (κ3) is 3.91. The van der Waals surface area contributed by atoms with E-state index in [1.807, 2.05) is 12.1 Å². The zero-order chi connectivity index (χ0) is 13.7. The molecule has 1 atom stereocenters. The molecule has 0 aliphatic carbocycles. The van der Waals surface area contributed by atoms with E-state index in [2.05, 4.69) is 22.6 Å². The van der Waals surface area contributed by atoms with Crippen molar-refractivity contribution in [2.45, 2.75) is 0 Å². The molecule has 0 bridgehead atoms. The molecule has 0 N–H and O–H groups in total. The van der Waals surface area contributed by atoms with Crippen molar-refractivity contribution in [2.75, 3.05) is 0 Å². The van der Waals surface area contributed by atoms with Gasteiger partial charge in [0.2, 0.25) is 5.75 Å². The molecule has 0 spiro atoms. The lowest BCUT2D eigenvalue weighted by Gasteiger charge is -1.97. The first kappa shape index (κ1) is 13.8. The summed E-state index contributed by atoms with van der Waals surface area (Å²) in [5.74, 6) is 0.701. The second-order valence-electron chi connectivity index (χ2n) is 3.47. The molecule has 94 valence electrons. The number of halogens is 1. The van der Waals surface area contributed by atoms with E-state index >= 15 is 0 Å². The molecule has 2 rings (SSSR count). The van der Waals surface area contributed by atoms with Gasteiger partial charge in [-0.25, -0.2) is 9.05 Å². The van der Waals surface area contributed by atoms with Crippen molar-refractivity contribution >= 4 is 30.8 Å². The number of hydrogen-bond donors (Lipinski definition) is 0. The summed E-state index contributed by atoms with van der Waals surface area (Å²) in [6, 6.07) is 15.7. The molecule has 2 aromatic rings. The minimum Gasteiger partial charge on any atom is -0.222 e. The lowest BCUT2D eigenvalue weighted by molar-refractivity contribution is 0.415. The highest BCUT2D eigenvalue weighted by Gasteiger charge is 2.25. The fourth-order valence-electron chi connectivity index (χ4n) is 1.34. The highest BCUT2D eigenvalue weighted by Crippen LogP contribution is 2.32. The molecule has 4 nitrogen and oxygen atoms in total. The summed E-state index contributed by atoms with van der Waals surface area (Å²) in [6.07, 6.45) is 0. The van der Waals surface area contributed by atoms with Crippen LogP contribution >= 0.6 is 30.8 Å². The Morgan fingerprint density at radius 3 is 2.53 bits per heavy atom. The van der Waals surface area contributed by atoms with Crippen molar-refractivity contribution in [3.05, 3.63) is 57.7 Å². The molecule has 0 radical (unpaired) electrons. The molecule has 0 saturated carbocycles. The number of rotatable bonds is 4. The molecule has 0 fully saturated rings.